The lowest BCUT2D eigenvalue weighted by Gasteiger charge is -2.30. The van der Waals surface area contributed by atoms with Crippen LogP contribution in [0.4, 0.5) is 13.2 Å². The van der Waals surface area contributed by atoms with Gasteiger partial charge in [0, 0.05) is 10.6 Å². The molecule has 27 heavy (non-hydrogen) atoms. The molecule has 0 amide bonds. The van der Waals surface area contributed by atoms with E-state index < -0.39 is 12.1 Å². The molecule has 1 aliphatic carbocycles. The molecule has 2 aromatic heterocycles. The van der Waals surface area contributed by atoms with Crippen molar-refractivity contribution in [3.8, 4) is 11.1 Å². The first kappa shape index (κ1) is 18.2. The van der Waals surface area contributed by atoms with Crippen LogP contribution in [-0.2, 0) is 0 Å². The Morgan fingerprint density at radius 1 is 1.15 bits per heavy atom. The van der Waals surface area contributed by atoms with Crippen molar-refractivity contribution in [2.75, 3.05) is 0 Å². The van der Waals surface area contributed by atoms with Gasteiger partial charge in [0.2, 0.25) is 0 Å². The number of alkyl halides is 3. The van der Waals surface area contributed by atoms with Gasteiger partial charge in [0.05, 0.1) is 17.2 Å². The molecule has 3 nitrogen and oxygen atoms in total. The minimum atomic E-state index is -4.14. The highest BCUT2D eigenvalue weighted by Crippen LogP contribution is 2.44. The summed E-state index contributed by atoms with van der Waals surface area (Å²) >= 11 is 1.62. The van der Waals surface area contributed by atoms with E-state index in [1.54, 1.807) is 18.3 Å². The number of nitrogens with one attached hydrogen (secondary N) is 1. The third kappa shape index (κ3) is 3.52. The van der Waals surface area contributed by atoms with Gasteiger partial charge in [-0.25, -0.2) is 4.98 Å². The zero-order valence-corrected chi connectivity index (χ0v) is 15.6. The van der Waals surface area contributed by atoms with E-state index in [0.717, 1.165) is 15.6 Å². The number of H-pyrrole nitrogens is 1. The number of aryl methyl sites for hydroxylation is 1. The Morgan fingerprint density at radius 3 is 2.59 bits per heavy atom. The summed E-state index contributed by atoms with van der Waals surface area (Å²) in [6.07, 6.45) is -3.17. The molecule has 0 atom stereocenters. The second kappa shape index (κ2) is 6.78. The molecule has 7 heteroatoms. The van der Waals surface area contributed by atoms with Crippen molar-refractivity contribution in [2.45, 2.75) is 44.7 Å². The number of benzene rings is 1. The van der Waals surface area contributed by atoms with E-state index >= 15 is 0 Å². The topological polar surface area (TPSA) is 45.8 Å². The summed E-state index contributed by atoms with van der Waals surface area (Å²) < 4.78 is 40.1. The Kier molecular flexibility index (Phi) is 4.58. The Bertz CT molecular complexity index is 1030. The first-order chi connectivity index (χ1) is 12.8. The molecular formula is C20H19F3N2OS. The molecule has 0 bridgehead atoms. The summed E-state index contributed by atoms with van der Waals surface area (Å²) in [7, 11) is 0. The fourth-order valence-electron chi connectivity index (χ4n) is 4.00. The third-order valence-electron chi connectivity index (χ3n) is 5.38. The van der Waals surface area contributed by atoms with E-state index in [2.05, 4.69) is 9.97 Å². The molecule has 1 aromatic carbocycles. The van der Waals surface area contributed by atoms with Gasteiger partial charge in [-0.1, -0.05) is 6.07 Å². The van der Waals surface area contributed by atoms with Crippen molar-refractivity contribution in [3.63, 3.8) is 0 Å². The summed E-state index contributed by atoms with van der Waals surface area (Å²) in [6, 6.07) is 7.82. The van der Waals surface area contributed by atoms with E-state index in [0.29, 0.717) is 29.9 Å². The smallest absolute Gasteiger partial charge is 0.310 e. The molecule has 3 aromatic rings. The molecule has 0 aliphatic heterocycles. The number of rotatable bonds is 2. The Morgan fingerprint density at radius 2 is 1.89 bits per heavy atom. The van der Waals surface area contributed by atoms with E-state index in [9.17, 15) is 18.0 Å². The zero-order valence-electron chi connectivity index (χ0n) is 14.8. The maximum absolute atomic E-state index is 13.0. The minimum absolute atomic E-state index is 0.0880. The first-order valence-electron chi connectivity index (χ1n) is 8.98. The molecule has 0 unspecified atom stereocenters. The van der Waals surface area contributed by atoms with Crippen LogP contribution in [0.25, 0.3) is 21.2 Å². The maximum Gasteiger partial charge on any atom is 0.391 e. The van der Waals surface area contributed by atoms with Crippen molar-refractivity contribution in [1.29, 1.82) is 0 Å². The van der Waals surface area contributed by atoms with Crippen molar-refractivity contribution in [3.05, 3.63) is 51.5 Å². The third-order valence-corrected chi connectivity index (χ3v) is 6.28. The van der Waals surface area contributed by atoms with Gasteiger partial charge in [-0.05, 0) is 67.1 Å². The Labute approximate surface area is 158 Å². The van der Waals surface area contributed by atoms with E-state index in [4.69, 9.17) is 0 Å². The molecule has 4 rings (SSSR count). The lowest BCUT2D eigenvalue weighted by molar-refractivity contribution is -0.182. The lowest BCUT2D eigenvalue weighted by Crippen LogP contribution is -2.28. The van der Waals surface area contributed by atoms with E-state index in [1.807, 2.05) is 29.6 Å². The van der Waals surface area contributed by atoms with Crippen LogP contribution in [0, 0.1) is 12.8 Å². The minimum Gasteiger partial charge on any atom is -0.310 e. The van der Waals surface area contributed by atoms with Gasteiger partial charge >= 0.3 is 6.18 Å². The molecule has 0 radical (unpaired) electrons. The van der Waals surface area contributed by atoms with Gasteiger partial charge in [0.1, 0.15) is 5.82 Å². The fourth-order valence-corrected chi connectivity index (χ4v) is 4.77. The van der Waals surface area contributed by atoms with Crippen LogP contribution in [0.2, 0.25) is 0 Å². The Hall–Kier alpha value is -2.15. The largest absolute Gasteiger partial charge is 0.391 e. The molecule has 1 fully saturated rings. The number of thiophene rings is 1. The average molecular weight is 392 g/mol. The number of nitrogens with zero attached hydrogens (tertiary/aromatic N) is 1. The van der Waals surface area contributed by atoms with Gasteiger partial charge in [0.25, 0.3) is 5.56 Å². The second-order valence-electron chi connectivity index (χ2n) is 7.17. The van der Waals surface area contributed by atoms with Crippen molar-refractivity contribution in [1.82, 2.24) is 9.97 Å². The van der Waals surface area contributed by atoms with Crippen LogP contribution in [0.3, 0.4) is 0 Å². The quantitative estimate of drug-likeness (QED) is 0.599. The number of halogens is 3. The SMILES string of the molecule is Cc1nc([C@H]2CC[C@@H](C(F)(F)F)CC2)c(-c2ccc3sccc3c2)c(=O)[nH]1. The van der Waals surface area contributed by atoms with Gasteiger partial charge < -0.3 is 4.98 Å². The first-order valence-corrected chi connectivity index (χ1v) is 9.86. The average Bonchev–Trinajstić information content (AvgIpc) is 3.08. The molecule has 0 spiro atoms. The standard InChI is InChI=1S/C20H19F3N2OS/c1-11-24-18(12-2-5-15(6-3-12)20(21,22)23)17(19(26)25-11)14-4-7-16-13(10-14)8-9-27-16/h4,7-10,12,15H,2-3,5-6H2,1H3,(H,24,25,26)/t12-,15+. The van der Waals surface area contributed by atoms with E-state index in [1.165, 1.54) is 0 Å². The molecule has 142 valence electrons. The summed E-state index contributed by atoms with van der Waals surface area (Å²) in [5.41, 5.74) is 1.66. The van der Waals surface area contributed by atoms with Gasteiger partial charge in [-0.15, -0.1) is 11.3 Å². The van der Waals surface area contributed by atoms with Crippen LogP contribution in [0.1, 0.15) is 43.1 Å². The highest BCUT2D eigenvalue weighted by molar-refractivity contribution is 7.17. The highest BCUT2D eigenvalue weighted by atomic mass is 32.1. The number of aromatic nitrogens is 2. The molecule has 1 aliphatic rings. The van der Waals surface area contributed by atoms with Crippen LogP contribution < -0.4 is 5.56 Å². The summed E-state index contributed by atoms with van der Waals surface area (Å²) in [5.74, 6) is -0.881. The van der Waals surface area contributed by atoms with Gasteiger partial charge in [-0.3, -0.25) is 4.79 Å². The lowest BCUT2D eigenvalue weighted by atomic mass is 9.78. The molecular weight excluding hydrogens is 373 g/mol. The van der Waals surface area contributed by atoms with Gasteiger partial charge in [-0.2, -0.15) is 13.2 Å². The number of fused-ring (bicyclic) bond motifs is 1. The number of hydrogen-bond acceptors (Lipinski definition) is 3. The molecule has 1 N–H and O–H groups in total. The summed E-state index contributed by atoms with van der Waals surface area (Å²) in [4.78, 5) is 20.0. The molecule has 0 saturated heterocycles. The van der Waals surface area contributed by atoms with Crippen LogP contribution in [-0.4, -0.2) is 16.1 Å². The normalized spacial score (nSPS) is 20.9. The highest BCUT2D eigenvalue weighted by Gasteiger charge is 2.42. The second-order valence-corrected chi connectivity index (χ2v) is 8.12. The summed E-state index contributed by atoms with van der Waals surface area (Å²) in [5, 5.41) is 3.04. The number of hydrogen-bond donors (Lipinski definition) is 1. The molecule has 1 saturated carbocycles. The van der Waals surface area contributed by atoms with Crippen molar-refractivity contribution in [2.24, 2.45) is 5.92 Å². The monoisotopic (exact) mass is 392 g/mol. The van der Waals surface area contributed by atoms with Crippen LogP contribution in [0.5, 0.6) is 0 Å². The predicted molar refractivity (Wildman–Crippen MR) is 101 cm³/mol. The maximum atomic E-state index is 13.0. The molecule has 2 heterocycles. The van der Waals surface area contributed by atoms with Crippen molar-refractivity contribution >= 4 is 21.4 Å². The van der Waals surface area contributed by atoms with Gasteiger partial charge in [0.15, 0.2) is 0 Å². The van der Waals surface area contributed by atoms with Crippen LogP contribution in [0.15, 0.2) is 34.4 Å². The van der Waals surface area contributed by atoms with Crippen molar-refractivity contribution < 1.29 is 13.2 Å². The summed E-state index contributed by atoms with van der Waals surface area (Å²) in [6.45, 7) is 1.71. The van der Waals surface area contributed by atoms with E-state index in [-0.39, 0.29) is 24.3 Å². The predicted octanol–water partition coefficient (Wildman–Crippen LogP) is 5.80. The zero-order chi connectivity index (χ0) is 19.2. The fraction of sp³-hybridized carbons (Fsp3) is 0.400. The number of aromatic amines is 1. The van der Waals surface area contributed by atoms with Crippen LogP contribution >= 0.6 is 11.3 Å². The Balaban J connectivity index is 1.74.